The molecular weight excluding hydrogens is 453 g/mol. The van der Waals surface area contributed by atoms with E-state index >= 15 is 0 Å². The molecule has 33 heavy (non-hydrogen) atoms. The Kier molecular flexibility index (Phi) is 8.87. The molecule has 1 N–H and O–H groups in total. The van der Waals surface area contributed by atoms with Crippen LogP contribution in [0.5, 0.6) is 11.8 Å². The highest BCUT2D eigenvalue weighted by Crippen LogP contribution is 2.39. The first-order valence-electron chi connectivity index (χ1n) is 10.8. The number of halogens is 3. The smallest absolute Gasteiger partial charge is 0.420 e. The van der Waals surface area contributed by atoms with E-state index in [1.54, 1.807) is 23.8 Å². The van der Waals surface area contributed by atoms with Crippen molar-refractivity contribution >= 4 is 22.2 Å². The fourth-order valence-corrected chi connectivity index (χ4v) is 3.90. The van der Waals surface area contributed by atoms with E-state index in [0.29, 0.717) is 16.4 Å². The second-order valence-electron chi connectivity index (χ2n) is 7.45. The van der Waals surface area contributed by atoms with Crippen LogP contribution in [0.25, 0.3) is 11.3 Å². The Hall–Kier alpha value is -2.88. The van der Waals surface area contributed by atoms with Gasteiger partial charge in [0.25, 0.3) is 0 Å². The Balaban J connectivity index is 1.64. The van der Waals surface area contributed by atoms with Crippen LogP contribution >= 0.6 is 11.3 Å². The molecule has 3 rings (SSSR count). The first kappa shape index (κ1) is 24.8. The molecule has 178 valence electrons. The zero-order valence-electron chi connectivity index (χ0n) is 18.6. The number of rotatable bonds is 12. The summed E-state index contributed by atoms with van der Waals surface area (Å²) >= 11 is 1.27. The lowest BCUT2D eigenvalue weighted by Gasteiger charge is -2.15. The number of benzene rings is 1. The van der Waals surface area contributed by atoms with Crippen molar-refractivity contribution in [2.75, 3.05) is 19.0 Å². The van der Waals surface area contributed by atoms with Crippen LogP contribution < -0.4 is 14.8 Å². The SMILES string of the molecule is CCCCCCCCOc1ccc(Nc2nc(-c3cnc(OC)nc3)cs2)cc1C(F)(F)F. The van der Waals surface area contributed by atoms with Gasteiger partial charge in [0.1, 0.15) is 5.75 Å². The Morgan fingerprint density at radius 2 is 1.76 bits per heavy atom. The van der Waals surface area contributed by atoms with E-state index in [1.165, 1.54) is 30.9 Å². The van der Waals surface area contributed by atoms with Gasteiger partial charge >= 0.3 is 12.2 Å². The summed E-state index contributed by atoms with van der Waals surface area (Å²) in [6.45, 7) is 2.41. The van der Waals surface area contributed by atoms with Crippen LogP contribution in [0.3, 0.4) is 0 Å². The van der Waals surface area contributed by atoms with Gasteiger partial charge in [0.05, 0.1) is 25.0 Å². The number of anilines is 2. The molecule has 2 aromatic heterocycles. The van der Waals surface area contributed by atoms with Crippen molar-refractivity contribution in [2.24, 2.45) is 0 Å². The molecule has 10 heteroatoms. The lowest BCUT2D eigenvalue weighted by Crippen LogP contribution is -2.10. The Labute approximate surface area is 195 Å². The molecule has 1 aromatic carbocycles. The van der Waals surface area contributed by atoms with E-state index in [2.05, 4.69) is 27.2 Å². The van der Waals surface area contributed by atoms with Gasteiger partial charge in [-0.25, -0.2) is 15.0 Å². The number of hydrogen-bond acceptors (Lipinski definition) is 7. The third-order valence-corrected chi connectivity index (χ3v) is 5.66. The molecule has 0 bridgehead atoms. The topological polar surface area (TPSA) is 69.2 Å². The van der Waals surface area contributed by atoms with Gasteiger partial charge < -0.3 is 14.8 Å². The van der Waals surface area contributed by atoms with Crippen molar-refractivity contribution in [3.8, 4) is 23.0 Å². The summed E-state index contributed by atoms with van der Waals surface area (Å²) in [7, 11) is 1.47. The molecule has 0 radical (unpaired) electrons. The average molecular weight is 481 g/mol. The van der Waals surface area contributed by atoms with Crippen molar-refractivity contribution in [3.05, 3.63) is 41.5 Å². The first-order valence-corrected chi connectivity index (χ1v) is 11.7. The summed E-state index contributed by atoms with van der Waals surface area (Å²) in [5, 5.41) is 5.17. The standard InChI is InChI=1S/C23H27F3N4O2S/c1-3-4-5-6-7-8-11-32-20-10-9-17(12-18(20)23(24,25)26)29-22-30-19(15-33-22)16-13-27-21(31-2)28-14-16/h9-10,12-15H,3-8,11H2,1-2H3,(H,29,30). The maximum absolute atomic E-state index is 13.6. The normalized spacial score (nSPS) is 11.4. The van der Waals surface area contributed by atoms with Crippen LogP contribution in [-0.2, 0) is 6.18 Å². The minimum Gasteiger partial charge on any atom is -0.493 e. The molecular formula is C23H27F3N4O2S. The van der Waals surface area contributed by atoms with Crippen molar-refractivity contribution in [1.82, 2.24) is 15.0 Å². The highest BCUT2D eigenvalue weighted by Gasteiger charge is 2.34. The summed E-state index contributed by atoms with van der Waals surface area (Å²) in [6.07, 6.45) is 4.86. The average Bonchev–Trinajstić information content (AvgIpc) is 3.27. The summed E-state index contributed by atoms with van der Waals surface area (Å²) in [5.74, 6) is -0.156. The van der Waals surface area contributed by atoms with Crippen LogP contribution in [0.1, 0.15) is 51.0 Å². The molecule has 0 aliphatic carbocycles. The second kappa shape index (κ2) is 11.8. The third kappa shape index (κ3) is 7.31. The minimum absolute atomic E-state index is 0.156. The van der Waals surface area contributed by atoms with Gasteiger partial charge in [0, 0.05) is 29.0 Å². The van der Waals surface area contributed by atoms with Crippen molar-refractivity contribution in [3.63, 3.8) is 0 Å². The molecule has 0 saturated heterocycles. The van der Waals surface area contributed by atoms with Gasteiger partial charge in [-0.05, 0) is 24.6 Å². The van der Waals surface area contributed by atoms with Gasteiger partial charge in [0.2, 0.25) is 0 Å². The van der Waals surface area contributed by atoms with Gasteiger partial charge in [-0.1, -0.05) is 39.0 Å². The Morgan fingerprint density at radius 3 is 2.45 bits per heavy atom. The summed E-state index contributed by atoms with van der Waals surface area (Å²) in [5.41, 5.74) is 0.759. The Morgan fingerprint density at radius 1 is 1.03 bits per heavy atom. The molecule has 0 saturated carbocycles. The van der Waals surface area contributed by atoms with E-state index in [9.17, 15) is 13.2 Å². The highest BCUT2D eigenvalue weighted by atomic mass is 32.1. The predicted octanol–water partition coefficient (Wildman–Crippen LogP) is 7.11. The fourth-order valence-electron chi connectivity index (χ4n) is 3.16. The molecule has 3 aromatic rings. The summed E-state index contributed by atoms with van der Waals surface area (Å²) < 4.78 is 51.3. The van der Waals surface area contributed by atoms with Gasteiger partial charge in [-0.2, -0.15) is 13.2 Å². The van der Waals surface area contributed by atoms with E-state index in [1.807, 2.05) is 0 Å². The summed E-state index contributed by atoms with van der Waals surface area (Å²) in [6, 6.07) is 4.21. The van der Waals surface area contributed by atoms with Gasteiger partial charge in [0.15, 0.2) is 5.13 Å². The Bertz CT molecular complexity index is 1010. The molecule has 0 unspecified atom stereocenters. The molecule has 6 nitrogen and oxygen atoms in total. The van der Waals surface area contributed by atoms with Gasteiger partial charge in [-0.15, -0.1) is 11.3 Å². The minimum atomic E-state index is -4.53. The highest BCUT2D eigenvalue weighted by molar-refractivity contribution is 7.14. The van der Waals surface area contributed by atoms with Crippen molar-refractivity contribution in [2.45, 2.75) is 51.6 Å². The van der Waals surface area contributed by atoms with E-state index in [4.69, 9.17) is 9.47 Å². The molecule has 0 atom stereocenters. The van der Waals surface area contributed by atoms with Crippen LogP contribution in [0.2, 0.25) is 0 Å². The molecule has 0 amide bonds. The van der Waals surface area contributed by atoms with Crippen LogP contribution in [0.4, 0.5) is 24.0 Å². The number of unbranched alkanes of at least 4 members (excludes halogenated alkanes) is 5. The molecule has 0 aliphatic rings. The third-order valence-electron chi connectivity index (χ3n) is 4.90. The maximum atomic E-state index is 13.6. The number of ether oxygens (including phenoxy) is 2. The number of aromatic nitrogens is 3. The van der Waals surface area contributed by atoms with E-state index < -0.39 is 11.7 Å². The molecule has 0 aliphatic heterocycles. The first-order chi connectivity index (χ1) is 15.9. The predicted molar refractivity (Wildman–Crippen MR) is 123 cm³/mol. The second-order valence-corrected chi connectivity index (χ2v) is 8.30. The lowest BCUT2D eigenvalue weighted by atomic mass is 10.1. The summed E-state index contributed by atoms with van der Waals surface area (Å²) in [4.78, 5) is 12.5. The lowest BCUT2D eigenvalue weighted by molar-refractivity contribution is -0.138. The molecule has 0 spiro atoms. The number of hydrogen-bond donors (Lipinski definition) is 1. The van der Waals surface area contributed by atoms with E-state index in [-0.39, 0.29) is 24.1 Å². The van der Waals surface area contributed by atoms with Crippen LogP contribution in [-0.4, -0.2) is 28.7 Å². The van der Waals surface area contributed by atoms with Crippen molar-refractivity contribution < 1.29 is 22.6 Å². The number of thiazole rings is 1. The number of methoxy groups -OCH3 is 1. The number of nitrogens with zero attached hydrogens (tertiary/aromatic N) is 3. The quantitative estimate of drug-likeness (QED) is 0.279. The zero-order chi connectivity index (χ0) is 23.7. The largest absolute Gasteiger partial charge is 0.493 e. The molecule has 2 heterocycles. The van der Waals surface area contributed by atoms with Gasteiger partial charge in [-0.3, -0.25) is 0 Å². The zero-order valence-corrected chi connectivity index (χ0v) is 19.4. The van der Waals surface area contributed by atoms with Crippen LogP contribution in [0, 0.1) is 0 Å². The monoisotopic (exact) mass is 480 g/mol. The fraction of sp³-hybridized carbons (Fsp3) is 0.435. The number of alkyl halides is 3. The van der Waals surface area contributed by atoms with Crippen molar-refractivity contribution in [1.29, 1.82) is 0 Å². The number of nitrogens with one attached hydrogen (secondary N) is 1. The van der Waals surface area contributed by atoms with E-state index in [0.717, 1.165) is 38.2 Å². The maximum Gasteiger partial charge on any atom is 0.420 e. The molecule has 0 fully saturated rings. The van der Waals surface area contributed by atoms with Crippen LogP contribution in [0.15, 0.2) is 36.0 Å².